The average Bonchev–Trinajstić information content (AvgIpc) is 3.38. The number of hydrogen-bond acceptors (Lipinski definition) is 7. The van der Waals surface area contributed by atoms with Crippen molar-refractivity contribution in [3.05, 3.63) is 72.6 Å². The Labute approximate surface area is 217 Å². The van der Waals surface area contributed by atoms with Crippen LogP contribution in [0.4, 0.5) is 11.4 Å². The first-order valence-corrected chi connectivity index (χ1v) is 14.9. The molecule has 200 valence electrons. The van der Waals surface area contributed by atoms with E-state index in [-0.39, 0.29) is 30.4 Å². The second-order valence-corrected chi connectivity index (χ2v) is 13.0. The molecule has 0 amide bonds. The van der Waals surface area contributed by atoms with E-state index >= 15 is 0 Å². The minimum absolute atomic E-state index is 0.0874. The Morgan fingerprint density at radius 3 is 2.08 bits per heavy atom. The van der Waals surface area contributed by atoms with Crippen LogP contribution in [-0.2, 0) is 20.2 Å². The van der Waals surface area contributed by atoms with Crippen LogP contribution >= 0.6 is 0 Å². The Balaban J connectivity index is 1.66. The number of anilines is 1. The second kappa shape index (κ2) is 10.5. The summed E-state index contributed by atoms with van der Waals surface area (Å²) in [7, 11) is -8.53. The topological polar surface area (TPSA) is 139 Å². The number of quaternary nitrogens is 1. The van der Waals surface area contributed by atoms with Crippen LogP contribution < -0.4 is 19.3 Å². The van der Waals surface area contributed by atoms with E-state index in [1.165, 1.54) is 13.8 Å². The lowest BCUT2D eigenvalue weighted by Crippen LogP contribution is -2.57. The molecular weight excluding hydrogens is 520 g/mol. The molecule has 2 aromatic rings. The molecule has 3 N–H and O–H groups in total. The molecule has 2 aromatic carbocycles. The summed E-state index contributed by atoms with van der Waals surface area (Å²) < 4.78 is 78.2. The fraction of sp³-hybridized carbons (Fsp3) is 0.360. The highest BCUT2D eigenvalue weighted by Crippen LogP contribution is 2.44. The van der Waals surface area contributed by atoms with Crippen LogP contribution in [0.1, 0.15) is 26.7 Å². The minimum atomic E-state index is -4.26. The molecule has 4 rings (SSSR count). The highest BCUT2D eigenvalue weighted by Gasteiger charge is 2.48. The summed E-state index contributed by atoms with van der Waals surface area (Å²) in [5.74, 6) is 1.81. The van der Waals surface area contributed by atoms with Crippen LogP contribution in [0.15, 0.2) is 72.6 Å². The van der Waals surface area contributed by atoms with Crippen LogP contribution in [0.25, 0.3) is 0 Å². The van der Waals surface area contributed by atoms with Gasteiger partial charge < -0.3 is 14.8 Å². The summed E-state index contributed by atoms with van der Waals surface area (Å²) in [6.45, 7) is 3.32. The number of allylic oxidation sites excluding steroid dienone is 2. The monoisotopic (exact) mass is 551 g/mol. The van der Waals surface area contributed by atoms with Crippen LogP contribution in [0.5, 0.6) is 11.5 Å². The predicted molar refractivity (Wildman–Crippen MR) is 142 cm³/mol. The van der Waals surface area contributed by atoms with E-state index in [0.29, 0.717) is 17.4 Å². The van der Waals surface area contributed by atoms with E-state index in [4.69, 9.17) is 9.47 Å². The molecule has 0 bridgehead atoms. The molecule has 10 nitrogen and oxygen atoms in total. The molecule has 0 saturated carbocycles. The molecule has 0 aliphatic carbocycles. The molecule has 0 aromatic heterocycles. The summed E-state index contributed by atoms with van der Waals surface area (Å²) >= 11 is 0. The maximum absolute atomic E-state index is 11.7. The molecule has 0 spiro atoms. The van der Waals surface area contributed by atoms with Gasteiger partial charge in [-0.2, -0.15) is 16.8 Å². The van der Waals surface area contributed by atoms with Crippen molar-refractivity contribution < 1.29 is 35.4 Å². The first-order chi connectivity index (χ1) is 17.4. The Morgan fingerprint density at radius 2 is 1.49 bits per heavy atom. The third-order valence-corrected chi connectivity index (χ3v) is 9.36. The molecule has 3 unspecified atom stereocenters. The number of fused-ring (bicyclic) bond motifs is 2. The van der Waals surface area contributed by atoms with Crippen LogP contribution in [-0.4, -0.2) is 55.8 Å². The fourth-order valence-corrected chi connectivity index (χ4v) is 5.28. The summed E-state index contributed by atoms with van der Waals surface area (Å²) in [5, 5.41) is 1.10. The summed E-state index contributed by atoms with van der Waals surface area (Å²) in [6, 6.07) is 14.8. The van der Waals surface area contributed by atoms with Gasteiger partial charge in [-0.15, -0.1) is 0 Å². The molecule has 0 saturated heterocycles. The van der Waals surface area contributed by atoms with Gasteiger partial charge in [-0.25, -0.2) is 4.48 Å². The van der Waals surface area contributed by atoms with Crippen LogP contribution in [0, 0.1) is 0 Å². The Kier molecular flexibility index (Phi) is 7.67. The maximum atomic E-state index is 11.7. The molecule has 3 atom stereocenters. The predicted octanol–water partition coefficient (Wildman–Crippen LogP) is 3.95. The van der Waals surface area contributed by atoms with E-state index in [2.05, 4.69) is 5.32 Å². The largest absolute Gasteiger partial charge is 0.439 e. The van der Waals surface area contributed by atoms with Gasteiger partial charge in [0.15, 0.2) is 23.1 Å². The standard InChI is InChI=1S/C25H30N2O8S2/c1-18(36(28,29)30)14-16-27(17-15-19(2)37(31,32)33)21-9-4-6-11-23(21)35-25(27)13-7-12-24-26-20-8-3-5-10-22(20)34-24/h3-13,18-19,25-26H,14-17H2,1-2H3,(H-,28,29,30,31,32,33)/p+1. The van der Waals surface area contributed by atoms with Gasteiger partial charge in [-0.3, -0.25) is 9.11 Å². The van der Waals surface area contributed by atoms with Crippen LogP contribution in [0.2, 0.25) is 0 Å². The van der Waals surface area contributed by atoms with Crippen LogP contribution in [0.3, 0.4) is 0 Å². The highest BCUT2D eigenvalue weighted by atomic mass is 32.2. The Hall–Kier alpha value is -2.90. The number of nitrogens with zero attached hydrogens (tertiary/aromatic N) is 1. The third kappa shape index (κ3) is 5.99. The molecule has 0 fully saturated rings. The zero-order valence-corrected chi connectivity index (χ0v) is 22.2. The second-order valence-electron chi connectivity index (χ2n) is 9.33. The van der Waals surface area contributed by atoms with E-state index in [9.17, 15) is 25.9 Å². The van der Waals surface area contributed by atoms with E-state index in [1.54, 1.807) is 24.3 Å². The minimum Gasteiger partial charge on any atom is -0.439 e. The van der Waals surface area contributed by atoms with Gasteiger partial charge in [0, 0.05) is 25.0 Å². The van der Waals surface area contributed by atoms with Gasteiger partial charge in [0.05, 0.1) is 29.3 Å². The Morgan fingerprint density at radius 1 is 0.919 bits per heavy atom. The van der Waals surface area contributed by atoms with E-state index in [0.717, 1.165) is 11.4 Å². The lowest BCUT2D eigenvalue weighted by atomic mass is 10.1. The number of nitrogens with one attached hydrogen (secondary N) is 1. The molecule has 12 heteroatoms. The highest BCUT2D eigenvalue weighted by molar-refractivity contribution is 7.86. The quantitative estimate of drug-likeness (QED) is 0.296. The SMILES string of the molecule is CC(CC[N+]1(CCC(C)S(=O)(=O)O)c2ccccc2OC1C=CC=C1Nc2ccccc2O1)S(=O)(=O)O. The van der Waals surface area contributed by atoms with E-state index < -0.39 is 37.0 Å². The molecule has 2 heterocycles. The number of rotatable bonds is 10. The van der Waals surface area contributed by atoms with Gasteiger partial charge >= 0.3 is 0 Å². The van der Waals surface area contributed by atoms with Gasteiger partial charge in [0.25, 0.3) is 26.5 Å². The smallest absolute Gasteiger partial charge is 0.267 e. The first-order valence-electron chi connectivity index (χ1n) is 11.9. The summed E-state index contributed by atoms with van der Waals surface area (Å²) in [5.41, 5.74) is 1.60. The molecule has 37 heavy (non-hydrogen) atoms. The van der Waals surface area contributed by atoms with Crippen molar-refractivity contribution in [1.82, 2.24) is 4.48 Å². The van der Waals surface area contributed by atoms with Crippen molar-refractivity contribution >= 4 is 31.6 Å². The normalized spacial score (nSPS) is 23.7. The molecule has 2 aliphatic heterocycles. The summed E-state index contributed by atoms with van der Waals surface area (Å²) in [6.07, 6.45) is 4.88. The third-order valence-electron chi connectivity index (χ3n) is 6.85. The molecule has 2 aliphatic rings. The van der Waals surface area contributed by atoms with Crippen molar-refractivity contribution in [3.63, 3.8) is 0 Å². The van der Waals surface area contributed by atoms with Crippen molar-refractivity contribution in [2.45, 2.75) is 43.4 Å². The number of para-hydroxylation sites is 4. The first kappa shape index (κ1) is 27.1. The summed E-state index contributed by atoms with van der Waals surface area (Å²) in [4.78, 5) is 0. The Bertz CT molecular complexity index is 1350. The molecule has 0 radical (unpaired) electrons. The van der Waals surface area contributed by atoms with Gasteiger partial charge in [-0.05, 0) is 38.1 Å². The van der Waals surface area contributed by atoms with Gasteiger partial charge in [-0.1, -0.05) is 30.3 Å². The molecular formula is C25H31N2O8S2+. The van der Waals surface area contributed by atoms with Crippen molar-refractivity contribution in [2.24, 2.45) is 0 Å². The zero-order valence-electron chi connectivity index (χ0n) is 20.5. The van der Waals surface area contributed by atoms with Crippen molar-refractivity contribution in [3.8, 4) is 11.5 Å². The number of ether oxygens (including phenoxy) is 2. The van der Waals surface area contributed by atoms with Crippen molar-refractivity contribution in [1.29, 1.82) is 0 Å². The maximum Gasteiger partial charge on any atom is 0.267 e. The van der Waals surface area contributed by atoms with Gasteiger partial charge in [0.1, 0.15) is 0 Å². The zero-order chi connectivity index (χ0) is 26.8. The van der Waals surface area contributed by atoms with E-state index in [1.807, 2.05) is 42.5 Å². The fourth-order valence-electron chi connectivity index (χ4n) is 4.48. The number of benzene rings is 2. The number of hydrogen-bond donors (Lipinski definition) is 3. The lowest BCUT2D eigenvalue weighted by Gasteiger charge is -2.37. The van der Waals surface area contributed by atoms with Gasteiger partial charge in [0.2, 0.25) is 0 Å². The average molecular weight is 552 g/mol. The van der Waals surface area contributed by atoms with Crippen molar-refractivity contribution in [2.75, 3.05) is 18.4 Å². The lowest BCUT2D eigenvalue weighted by molar-refractivity contribution is 0.102.